The van der Waals surface area contributed by atoms with E-state index in [4.69, 9.17) is 16.3 Å². The summed E-state index contributed by atoms with van der Waals surface area (Å²) in [6, 6.07) is 13.6. The molecule has 0 radical (unpaired) electrons. The molecule has 0 aliphatic carbocycles. The first-order valence-corrected chi connectivity index (χ1v) is 11.0. The summed E-state index contributed by atoms with van der Waals surface area (Å²) in [5.41, 5.74) is 1.49. The number of benzene rings is 2. The third kappa shape index (κ3) is 5.25. The summed E-state index contributed by atoms with van der Waals surface area (Å²) in [6.45, 7) is 1.14. The van der Waals surface area contributed by atoms with E-state index < -0.39 is 0 Å². The second-order valence-corrected chi connectivity index (χ2v) is 8.08. The average Bonchev–Trinajstić information content (AvgIpc) is 3.28. The molecule has 1 fully saturated rings. The van der Waals surface area contributed by atoms with Crippen molar-refractivity contribution in [1.29, 1.82) is 0 Å². The average molecular weight is 442 g/mol. The normalized spacial score (nSPS) is 16.3. The monoisotopic (exact) mass is 441 g/mol. The van der Waals surface area contributed by atoms with Crippen molar-refractivity contribution in [2.75, 3.05) is 13.2 Å². The van der Waals surface area contributed by atoms with Crippen LogP contribution in [-0.2, 0) is 4.79 Å². The molecule has 0 spiro atoms. The summed E-state index contributed by atoms with van der Waals surface area (Å²) < 4.78 is 19.3. The van der Waals surface area contributed by atoms with E-state index >= 15 is 0 Å². The van der Waals surface area contributed by atoms with Gasteiger partial charge in [0.15, 0.2) is 0 Å². The standard InChI is InChI=1S/C24H25ClFN3O2/c25-19-9-1-2-11-22(19)31-14-6-12-23(30)29-13-4-3-10-21(29)24-27-16-20(28-24)17-7-5-8-18(26)15-17/h1-2,5,7-9,11,15-16,21H,3-4,6,10,12-14H2,(H,27,28). The predicted octanol–water partition coefficient (Wildman–Crippen LogP) is 5.78. The minimum absolute atomic E-state index is 0.0898. The van der Waals surface area contributed by atoms with Crippen molar-refractivity contribution in [3.8, 4) is 17.0 Å². The van der Waals surface area contributed by atoms with Crippen molar-refractivity contribution in [2.24, 2.45) is 0 Å². The lowest BCUT2D eigenvalue weighted by Gasteiger charge is -2.34. The third-order valence-electron chi connectivity index (χ3n) is 5.50. The van der Waals surface area contributed by atoms with Crippen molar-refractivity contribution in [1.82, 2.24) is 14.9 Å². The first-order chi connectivity index (χ1) is 15.1. The van der Waals surface area contributed by atoms with Crippen LogP contribution in [0.2, 0.25) is 5.02 Å². The van der Waals surface area contributed by atoms with Gasteiger partial charge < -0.3 is 14.6 Å². The molecule has 3 aromatic rings. The van der Waals surface area contributed by atoms with Crippen LogP contribution in [0.3, 0.4) is 0 Å². The molecule has 2 aromatic carbocycles. The number of nitrogens with zero attached hydrogens (tertiary/aromatic N) is 2. The Morgan fingerprint density at radius 1 is 1.23 bits per heavy atom. The second kappa shape index (κ2) is 9.96. The van der Waals surface area contributed by atoms with Crippen LogP contribution in [0.5, 0.6) is 5.75 Å². The number of carbonyl (C=O) groups excluding carboxylic acids is 1. The van der Waals surface area contributed by atoms with E-state index in [0.29, 0.717) is 36.8 Å². The Morgan fingerprint density at radius 3 is 2.94 bits per heavy atom. The summed E-state index contributed by atoms with van der Waals surface area (Å²) in [5.74, 6) is 1.19. The Balaban J connectivity index is 1.37. The van der Waals surface area contributed by atoms with Crippen molar-refractivity contribution in [3.05, 3.63) is 71.4 Å². The minimum atomic E-state index is -0.290. The molecule has 0 bridgehead atoms. The number of nitrogens with one attached hydrogen (secondary N) is 1. The highest BCUT2D eigenvalue weighted by Crippen LogP contribution is 2.31. The number of rotatable bonds is 7. The molecule has 0 saturated carbocycles. The van der Waals surface area contributed by atoms with E-state index in [2.05, 4.69) is 9.97 Å². The van der Waals surface area contributed by atoms with Gasteiger partial charge >= 0.3 is 0 Å². The van der Waals surface area contributed by atoms with Gasteiger partial charge in [-0.1, -0.05) is 35.9 Å². The predicted molar refractivity (Wildman–Crippen MR) is 118 cm³/mol. The molecule has 1 N–H and O–H groups in total. The fraction of sp³-hybridized carbons (Fsp3) is 0.333. The van der Waals surface area contributed by atoms with Gasteiger partial charge in [0.05, 0.1) is 29.6 Å². The van der Waals surface area contributed by atoms with Gasteiger partial charge in [0.2, 0.25) is 5.91 Å². The van der Waals surface area contributed by atoms with Crippen molar-refractivity contribution in [3.63, 3.8) is 0 Å². The number of piperidine rings is 1. The molecule has 1 unspecified atom stereocenters. The maximum atomic E-state index is 13.6. The van der Waals surface area contributed by atoms with E-state index in [1.165, 1.54) is 12.1 Å². The first kappa shape index (κ1) is 21.4. The van der Waals surface area contributed by atoms with E-state index in [1.54, 1.807) is 18.3 Å². The zero-order valence-corrected chi connectivity index (χ0v) is 17.9. The molecule has 1 atom stereocenters. The largest absolute Gasteiger partial charge is 0.492 e. The molecule has 1 saturated heterocycles. The van der Waals surface area contributed by atoms with Crippen LogP contribution in [0.25, 0.3) is 11.3 Å². The number of ether oxygens (including phenoxy) is 1. The second-order valence-electron chi connectivity index (χ2n) is 7.67. The number of hydrogen-bond acceptors (Lipinski definition) is 3. The van der Waals surface area contributed by atoms with Crippen LogP contribution in [0, 0.1) is 5.82 Å². The quantitative estimate of drug-likeness (QED) is 0.472. The van der Waals surface area contributed by atoms with Crippen LogP contribution < -0.4 is 4.74 Å². The van der Waals surface area contributed by atoms with Gasteiger partial charge in [0, 0.05) is 18.5 Å². The fourth-order valence-corrected chi connectivity index (χ4v) is 4.12. The zero-order valence-electron chi connectivity index (χ0n) is 17.2. The van der Waals surface area contributed by atoms with Gasteiger partial charge in [-0.3, -0.25) is 4.79 Å². The lowest BCUT2D eigenvalue weighted by Crippen LogP contribution is -2.39. The SMILES string of the molecule is O=C(CCCOc1ccccc1Cl)N1CCCCC1c1ncc(-c2cccc(F)c2)[nH]1. The van der Waals surface area contributed by atoms with Crippen molar-refractivity contribution >= 4 is 17.5 Å². The number of amides is 1. The molecule has 1 amide bonds. The highest BCUT2D eigenvalue weighted by atomic mass is 35.5. The van der Waals surface area contributed by atoms with Crippen LogP contribution >= 0.6 is 11.6 Å². The highest BCUT2D eigenvalue weighted by molar-refractivity contribution is 6.32. The highest BCUT2D eigenvalue weighted by Gasteiger charge is 2.29. The van der Waals surface area contributed by atoms with E-state index in [1.807, 2.05) is 29.2 Å². The molecule has 7 heteroatoms. The summed E-state index contributed by atoms with van der Waals surface area (Å²) in [6.07, 6.45) is 5.60. The number of hydrogen-bond donors (Lipinski definition) is 1. The maximum Gasteiger partial charge on any atom is 0.223 e. The Morgan fingerprint density at radius 2 is 2.10 bits per heavy atom. The Hall–Kier alpha value is -2.86. The molecule has 1 aliphatic heterocycles. The zero-order chi connectivity index (χ0) is 21.6. The Labute approximate surface area is 186 Å². The first-order valence-electron chi connectivity index (χ1n) is 10.6. The van der Waals surface area contributed by atoms with E-state index in [0.717, 1.165) is 36.3 Å². The number of likely N-dealkylation sites (tertiary alicyclic amines) is 1. The molecule has 1 aliphatic rings. The van der Waals surface area contributed by atoms with Gasteiger partial charge in [-0.25, -0.2) is 9.37 Å². The lowest BCUT2D eigenvalue weighted by molar-refractivity contribution is -0.135. The van der Waals surface area contributed by atoms with Crippen molar-refractivity contribution in [2.45, 2.75) is 38.1 Å². The molecule has 162 valence electrons. The molecule has 31 heavy (non-hydrogen) atoms. The van der Waals surface area contributed by atoms with Crippen molar-refractivity contribution < 1.29 is 13.9 Å². The maximum absolute atomic E-state index is 13.6. The number of H-pyrrole nitrogens is 1. The minimum Gasteiger partial charge on any atom is -0.492 e. The number of halogens is 2. The van der Waals surface area contributed by atoms with Crippen LogP contribution in [-0.4, -0.2) is 33.9 Å². The fourth-order valence-electron chi connectivity index (χ4n) is 3.93. The molecule has 2 heterocycles. The van der Waals surface area contributed by atoms with E-state index in [-0.39, 0.29) is 17.8 Å². The molecule has 5 nitrogen and oxygen atoms in total. The number of aromatic nitrogens is 2. The van der Waals surface area contributed by atoms with Gasteiger partial charge in [-0.05, 0) is 49.9 Å². The van der Waals surface area contributed by atoms with Crippen LogP contribution in [0.1, 0.15) is 44.0 Å². The van der Waals surface area contributed by atoms with Crippen LogP contribution in [0.4, 0.5) is 4.39 Å². The molecular formula is C24H25ClFN3O2. The Bertz CT molecular complexity index is 1040. The number of carbonyl (C=O) groups is 1. The topological polar surface area (TPSA) is 58.2 Å². The van der Waals surface area contributed by atoms with E-state index in [9.17, 15) is 9.18 Å². The van der Waals surface area contributed by atoms with Gasteiger partial charge in [0.25, 0.3) is 0 Å². The summed E-state index contributed by atoms with van der Waals surface area (Å²) in [4.78, 5) is 22.7. The summed E-state index contributed by atoms with van der Waals surface area (Å²) >= 11 is 6.10. The van der Waals surface area contributed by atoms with Gasteiger partial charge in [-0.2, -0.15) is 0 Å². The van der Waals surface area contributed by atoms with Gasteiger partial charge in [0.1, 0.15) is 17.4 Å². The number of para-hydroxylation sites is 1. The summed E-state index contributed by atoms with van der Waals surface area (Å²) in [7, 11) is 0. The molecular weight excluding hydrogens is 417 g/mol. The van der Waals surface area contributed by atoms with Crippen LogP contribution in [0.15, 0.2) is 54.7 Å². The summed E-state index contributed by atoms with van der Waals surface area (Å²) in [5, 5.41) is 0.567. The molecule has 1 aromatic heterocycles. The molecule has 4 rings (SSSR count). The number of imidazole rings is 1. The number of aromatic amines is 1. The van der Waals surface area contributed by atoms with Gasteiger partial charge in [-0.15, -0.1) is 0 Å². The smallest absolute Gasteiger partial charge is 0.223 e. The lowest BCUT2D eigenvalue weighted by atomic mass is 10.0. The third-order valence-corrected chi connectivity index (χ3v) is 5.81. The Kier molecular flexibility index (Phi) is 6.87.